The zero-order valence-corrected chi connectivity index (χ0v) is 24.3. The Morgan fingerprint density at radius 3 is 1.30 bits per heavy atom. The highest BCUT2D eigenvalue weighted by atomic mass is 35.5. The van der Waals surface area contributed by atoms with Gasteiger partial charge in [0.05, 0.1) is 18.3 Å². The van der Waals surface area contributed by atoms with Gasteiger partial charge in [-0.1, -0.05) is 6.07 Å². The van der Waals surface area contributed by atoms with E-state index in [1.165, 1.54) is 6.07 Å². The molecule has 4 aromatic carbocycles. The number of benzene rings is 4. The van der Waals surface area contributed by atoms with Crippen molar-refractivity contribution in [2.24, 2.45) is 4.74 Å². The van der Waals surface area contributed by atoms with Crippen molar-refractivity contribution in [3.05, 3.63) is 84.4 Å². The Balaban J connectivity index is 0.00000329. The average molecular weight is 632 g/mol. The van der Waals surface area contributed by atoms with Crippen LogP contribution in [0.4, 0.5) is 18.9 Å². The van der Waals surface area contributed by atoms with E-state index in [0.29, 0.717) is 74.1 Å². The van der Waals surface area contributed by atoms with Crippen LogP contribution in [-0.4, -0.2) is 39.6 Å². The zero-order valence-electron chi connectivity index (χ0n) is 22.6. The lowest BCUT2D eigenvalue weighted by molar-refractivity contribution is -0.137. The summed E-state index contributed by atoms with van der Waals surface area (Å²) in [6.07, 6.45) is -4.53. The van der Waals surface area contributed by atoms with Gasteiger partial charge in [0.25, 0.3) is 0 Å². The molecule has 0 radical (unpaired) electrons. The lowest BCUT2D eigenvalue weighted by Crippen LogP contribution is -2.28. The Hall–Kier alpha value is -4.01. The van der Waals surface area contributed by atoms with Crippen LogP contribution in [0.3, 0.4) is 0 Å². The molecule has 0 bridgehead atoms. The fraction of sp³-hybridized carbons (Fsp3) is 0.226. The van der Waals surface area contributed by atoms with Crippen molar-refractivity contribution in [1.29, 1.82) is 0 Å². The summed E-state index contributed by atoms with van der Waals surface area (Å²) in [4.78, 5) is 0. The number of hydrogen-bond acceptors (Lipinski definition) is 7. The summed E-state index contributed by atoms with van der Waals surface area (Å²) in [6, 6.07) is 21.8. The first kappa shape index (κ1) is 29.1. The summed E-state index contributed by atoms with van der Waals surface area (Å²) in [5.41, 5.74) is -0.605. The Morgan fingerprint density at radius 1 is 0.512 bits per heavy atom. The number of rotatable bonds is 4. The highest BCUT2D eigenvalue weighted by molar-refractivity contribution is 7.87. The molecule has 12 heteroatoms. The molecule has 3 heterocycles. The third kappa shape index (κ3) is 5.45. The Morgan fingerprint density at radius 2 is 0.907 bits per heavy atom. The van der Waals surface area contributed by atoms with Crippen molar-refractivity contribution in [2.75, 3.05) is 39.6 Å². The van der Waals surface area contributed by atoms with Gasteiger partial charge in [-0.15, -0.1) is 12.4 Å². The maximum atomic E-state index is 13.8. The third-order valence-corrected chi connectivity index (χ3v) is 10.7. The van der Waals surface area contributed by atoms with Gasteiger partial charge in [-0.2, -0.15) is 13.2 Å². The van der Waals surface area contributed by atoms with Gasteiger partial charge in [-0.05, 0) is 72.8 Å². The van der Waals surface area contributed by atoms with E-state index in [1.807, 2.05) is 54.6 Å². The minimum atomic E-state index is -4.53. The summed E-state index contributed by atoms with van der Waals surface area (Å²) in [7, 11) is -3.14. The summed E-state index contributed by atoms with van der Waals surface area (Å²) >= 11 is 0. The number of halogens is 4. The molecule has 0 aromatic heterocycles. The molecule has 3 aliphatic heterocycles. The first-order valence-corrected chi connectivity index (χ1v) is 15.1. The van der Waals surface area contributed by atoms with Gasteiger partial charge < -0.3 is 28.4 Å². The van der Waals surface area contributed by atoms with Gasteiger partial charge in [0.1, 0.15) is 39.6 Å². The van der Waals surface area contributed by atoms with Crippen molar-refractivity contribution in [3.8, 4) is 34.5 Å². The number of alkyl halides is 3. The first-order valence-electron chi connectivity index (χ1n) is 13.4. The van der Waals surface area contributed by atoms with E-state index in [-0.39, 0.29) is 18.1 Å². The van der Waals surface area contributed by atoms with E-state index in [4.69, 9.17) is 33.2 Å². The van der Waals surface area contributed by atoms with E-state index < -0.39 is 18.8 Å². The quantitative estimate of drug-likeness (QED) is 0.248. The first-order chi connectivity index (χ1) is 20.4. The van der Waals surface area contributed by atoms with E-state index in [2.05, 4.69) is 0 Å². The second-order valence-electron chi connectivity index (χ2n) is 9.77. The smallest absolute Gasteiger partial charge is 0.416 e. The van der Waals surface area contributed by atoms with Crippen LogP contribution in [-0.2, 0) is 6.18 Å². The highest BCUT2D eigenvalue weighted by Gasteiger charge is 2.34. The molecule has 0 saturated carbocycles. The molecule has 0 unspecified atom stereocenters. The SMILES string of the molecule is Cl.FC(F)(F)c1cccc(N=P(c2ccc3c(c2)OCCO3)(c2ccc3c(c2)OCCO3)c2ccc3c(c2)OCCO3)c1. The molecule has 224 valence electrons. The lowest BCUT2D eigenvalue weighted by Gasteiger charge is -2.30. The summed E-state index contributed by atoms with van der Waals surface area (Å²) in [6.45, 7) is 2.39. The maximum Gasteiger partial charge on any atom is 0.416 e. The van der Waals surface area contributed by atoms with Crippen LogP contribution >= 0.6 is 19.5 Å². The Bertz CT molecular complexity index is 1580. The number of fused-ring (bicyclic) bond motifs is 3. The minimum Gasteiger partial charge on any atom is -0.486 e. The monoisotopic (exact) mass is 631 g/mol. The van der Waals surface area contributed by atoms with E-state index in [1.54, 1.807) is 6.07 Å². The maximum absolute atomic E-state index is 13.8. The van der Waals surface area contributed by atoms with Crippen LogP contribution in [0.2, 0.25) is 0 Å². The molecule has 0 amide bonds. The second kappa shape index (κ2) is 11.6. The van der Waals surface area contributed by atoms with Gasteiger partial charge in [0.15, 0.2) is 34.5 Å². The van der Waals surface area contributed by atoms with Gasteiger partial charge in [0, 0.05) is 15.9 Å². The molecule has 4 aromatic rings. The predicted molar refractivity (Wildman–Crippen MR) is 159 cm³/mol. The van der Waals surface area contributed by atoms with Crippen LogP contribution in [0.5, 0.6) is 34.5 Å². The van der Waals surface area contributed by atoms with E-state index >= 15 is 0 Å². The van der Waals surface area contributed by atoms with Crippen molar-refractivity contribution in [2.45, 2.75) is 6.18 Å². The lowest BCUT2D eigenvalue weighted by atomic mass is 10.2. The topological polar surface area (TPSA) is 67.7 Å². The van der Waals surface area contributed by atoms with Gasteiger partial charge >= 0.3 is 6.18 Å². The number of ether oxygens (including phenoxy) is 6. The Labute approximate surface area is 251 Å². The highest BCUT2D eigenvalue weighted by Crippen LogP contribution is 2.53. The molecule has 0 spiro atoms. The largest absolute Gasteiger partial charge is 0.486 e. The molecule has 7 rings (SSSR count). The molecule has 0 saturated heterocycles. The molecule has 3 aliphatic rings. The fourth-order valence-corrected chi connectivity index (χ4v) is 8.73. The summed E-state index contributed by atoms with van der Waals surface area (Å²) in [5, 5.41) is 2.24. The van der Waals surface area contributed by atoms with Gasteiger partial charge in [-0.3, -0.25) is 4.74 Å². The molecular weight excluding hydrogens is 606 g/mol. The molecule has 0 fully saturated rings. The number of hydrogen-bond donors (Lipinski definition) is 0. The van der Waals surface area contributed by atoms with Crippen LogP contribution in [0.15, 0.2) is 83.6 Å². The number of nitrogens with zero attached hydrogens (tertiary/aromatic N) is 1. The van der Waals surface area contributed by atoms with Crippen molar-refractivity contribution in [1.82, 2.24) is 0 Å². The average Bonchev–Trinajstić information content (AvgIpc) is 3.02. The Kier molecular flexibility index (Phi) is 7.83. The van der Waals surface area contributed by atoms with Gasteiger partial charge in [0.2, 0.25) is 0 Å². The molecule has 7 nitrogen and oxygen atoms in total. The van der Waals surface area contributed by atoms with E-state index in [0.717, 1.165) is 28.0 Å². The van der Waals surface area contributed by atoms with Crippen molar-refractivity contribution >= 4 is 41.1 Å². The zero-order chi connectivity index (χ0) is 28.7. The van der Waals surface area contributed by atoms with Crippen LogP contribution < -0.4 is 44.3 Å². The molecule has 43 heavy (non-hydrogen) atoms. The summed E-state index contributed by atoms with van der Waals surface area (Å²) < 4.78 is 81.8. The molecule has 0 atom stereocenters. The van der Waals surface area contributed by atoms with Crippen molar-refractivity contribution in [3.63, 3.8) is 0 Å². The fourth-order valence-electron chi connectivity index (χ4n) is 5.24. The third-order valence-electron chi connectivity index (χ3n) is 7.14. The minimum absolute atomic E-state index is 0. The molecular formula is C31H26ClF3NO6P. The van der Waals surface area contributed by atoms with Crippen LogP contribution in [0.25, 0.3) is 0 Å². The summed E-state index contributed by atoms with van der Waals surface area (Å²) in [5.74, 6) is 3.39. The van der Waals surface area contributed by atoms with E-state index in [9.17, 15) is 13.2 Å². The van der Waals surface area contributed by atoms with Crippen LogP contribution in [0.1, 0.15) is 5.56 Å². The predicted octanol–water partition coefficient (Wildman–Crippen LogP) is 6.25. The van der Waals surface area contributed by atoms with Crippen molar-refractivity contribution < 1.29 is 41.6 Å². The molecule has 0 aliphatic carbocycles. The van der Waals surface area contributed by atoms with Gasteiger partial charge in [-0.25, -0.2) is 0 Å². The standard InChI is InChI=1S/C31H25F3NO6P.ClH/c32-31(33,34)20-2-1-3-21(16-20)35-42(22-4-7-25-28(17-22)39-13-10-36-25,23-5-8-26-29(18-23)40-14-11-37-26)24-6-9-27-30(19-24)41-15-12-38-27;/h1-9,16-19H,10-15H2;1H. The van der Waals surface area contributed by atoms with Crippen LogP contribution in [0, 0.1) is 0 Å². The normalized spacial score (nSPS) is 15.2. The second-order valence-corrected chi connectivity index (χ2v) is 12.8. The molecule has 0 N–H and O–H groups in total.